The molecule has 1 aromatic heterocycles. The molecule has 6 heteroatoms. The van der Waals surface area contributed by atoms with E-state index in [-0.39, 0.29) is 25.0 Å². The Hall–Kier alpha value is -1.62. The van der Waals surface area contributed by atoms with E-state index in [9.17, 15) is 9.59 Å². The Morgan fingerprint density at radius 3 is 2.93 bits per heavy atom. The number of halogens is 1. The Kier molecular flexibility index (Phi) is 2.55. The summed E-state index contributed by atoms with van der Waals surface area (Å²) in [5.41, 5.74) is 0.591. The maximum absolute atomic E-state index is 11.3. The fourth-order valence-corrected chi connectivity index (χ4v) is 1.49. The summed E-state index contributed by atoms with van der Waals surface area (Å²) in [6.45, 7) is 0.213. The lowest BCUT2D eigenvalue weighted by Crippen LogP contribution is -2.30. The van der Waals surface area contributed by atoms with Crippen molar-refractivity contribution in [2.24, 2.45) is 0 Å². The fraction of sp³-hybridized carbons (Fsp3) is 0.222. The van der Waals surface area contributed by atoms with Crippen LogP contribution in [0, 0.1) is 0 Å². The van der Waals surface area contributed by atoms with Gasteiger partial charge in [-0.1, -0.05) is 11.6 Å². The van der Waals surface area contributed by atoms with Crippen LogP contribution in [-0.4, -0.2) is 28.4 Å². The highest BCUT2D eigenvalue weighted by Crippen LogP contribution is 2.11. The summed E-state index contributed by atoms with van der Waals surface area (Å²) >= 11 is 5.76. The first-order chi connectivity index (χ1) is 7.16. The van der Waals surface area contributed by atoms with Crippen molar-refractivity contribution in [3.05, 3.63) is 29.0 Å². The summed E-state index contributed by atoms with van der Waals surface area (Å²) in [4.78, 5) is 27.6. The highest BCUT2D eigenvalue weighted by molar-refractivity contribution is 6.30. The molecule has 1 aliphatic rings. The molecule has 0 aromatic carbocycles. The zero-order chi connectivity index (χ0) is 10.8. The molecule has 1 N–H and O–H groups in total. The Bertz CT molecular complexity index is 406. The second kappa shape index (κ2) is 3.86. The Morgan fingerprint density at radius 1 is 1.53 bits per heavy atom. The lowest BCUT2D eigenvalue weighted by molar-refractivity contribution is -0.125. The van der Waals surface area contributed by atoms with E-state index < -0.39 is 0 Å². The highest BCUT2D eigenvalue weighted by atomic mass is 35.5. The van der Waals surface area contributed by atoms with Gasteiger partial charge in [0.1, 0.15) is 0 Å². The van der Waals surface area contributed by atoms with E-state index in [1.54, 1.807) is 12.1 Å². The minimum Gasteiger partial charge on any atom is -0.329 e. The zero-order valence-corrected chi connectivity index (χ0v) is 8.49. The molecule has 3 amide bonds. The van der Waals surface area contributed by atoms with Crippen LogP contribution in [0.1, 0.15) is 5.69 Å². The van der Waals surface area contributed by atoms with E-state index in [0.717, 1.165) is 4.90 Å². The summed E-state index contributed by atoms with van der Waals surface area (Å²) < 4.78 is 0. The summed E-state index contributed by atoms with van der Waals surface area (Å²) in [5, 5.41) is 2.97. The van der Waals surface area contributed by atoms with Crippen molar-refractivity contribution in [3.8, 4) is 0 Å². The minimum atomic E-state index is -0.387. The van der Waals surface area contributed by atoms with Gasteiger partial charge < -0.3 is 5.32 Å². The molecule has 2 rings (SSSR count). The predicted octanol–water partition coefficient (Wildman–Crippen LogP) is 0.787. The molecule has 5 nitrogen and oxygen atoms in total. The quantitative estimate of drug-likeness (QED) is 0.757. The van der Waals surface area contributed by atoms with Crippen molar-refractivity contribution in [2.75, 3.05) is 6.54 Å². The van der Waals surface area contributed by atoms with Crippen molar-refractivity contribution >= 4 is 23.5 Å². The highest BCUT2D eigenvalue weighted by Gasteiger charge is 2.28. The third kappa shape index (κ3) is 2.07. The number of aromatic nitrogens is 1. The molecule has 0 unspecified atom stereocenters. The molecule has 0 aliphatic carbocycles. The lowest BCUT2D eigenvalue weighted by atomic mass is 10.3. The van der Waals surface area contributed by atoms with Gasteiger partial charge in [0.15, 0.2) is 0 Å². The lowest BCUT2D eigenvalue weighted by Gasteiger charge is -2.11. The van der Waals surface area contributed by atoms with Gasteiger partial charge in [-0.2, -0.15) is 0 Å². The van der Waals surface area contributed by atoms with Gasteiger partial charge in [-0.25, -0.2) is 4.79 Å². The number of nitrogens with zero attached hydrogens (tertiary/aromatic N) is 2. The van der Waals surface area contributed by atoms with E-state index in [4.69, 9.17) is 11.6 Å². The van der Waals surface area contributed by atoms with E-state index in [1.807, 2.05) is 0 Å². The molecule has 15 heavy (non-hydrogen) atoms. The van der Waals surface area contributed by atoms with Gasteiger partial charge in [0.2, 0.25) is 5.91 Å². The van der Waals surface area contributed by atoms with Crippen LogP contribution < -0.4 is 5.32 Å². The number of carbonyl (C=O) groups excluding carboxylic acids is 2. The normalized spacial score (nSPS) is 15.7. The third-order valence-corrected chi connectivity index (χ3v) is 2.27. The maximum Gasteiger partial charge on any atom is 0.324 e. The first-order valence-corrected chi connectivity index (χ1v) is 4.73. The van der Waals surface area contributed by atoms with Crippen molar-refractivity contribution in [2.45, 2.75) is 6.54 Å². The van der Waals surface area contributed by atoms with Gasteiger partial charge in [-0.3, -0.25) is 14.7 Å². The van der Waals surface area contributed by atoms with Crippen LogP contribution in [0.2, 0.25) is 5.02 Å². The van der Waals surface area contributed by atoms with E-state index >= 15 is 0 Å². The molecule has 0 radical (unpaired) electrons. The second-order valence-corrected chi connectivity index (χ2v) is 3.54. The molecule has 0 bridgehead atoms. The zero-order valence-electron chi connectivity index (χ0n) is 7.74. The summed E-state index contributed by atoms with van der Waals surface area (Å²) in [6.07, 6.45) is 1.54. The van der Waals surface area contributed by atoms with E-state index in [1.165, 1.54) is 6.20 Å². The molecule has 0 saturated carbocycles. The third-order valence-electron chi connectivity index (χ3n) is 2.04. The molecule has 0 spiro atoms. The van der Waals surface area contributed by atoms with Gasteiger partial charge in [0.25, 0.3) is 0 Å². The van der Waals surface area contributed by atoms with Gasteiger partial charge in [-0.05, 0) is 12.1 Å². The van der Waals surface area contributed by atoms with Crippen LogP contribution in [-0.2, 0) is 11.3 Å². The summed E-state index contributed by atoms with van der Waals surface area (Å²) in [5.74, 6) is -0.248. The van der Waals surface area contributed by atoms with Crippen LogP contribution in [0.5, 0.6) is 0 Å². The molecule has 2 heterocycles. The monoisotopic (exact) mass is 225 g/mol. The van der Waals surface area contributed by atoms with Crippen LogP contribution >= 0.6 is 11.6 Å². The first kappa shape index (κ1) is 9.92. The minimum absolute atomic E-state index is 0.0550. The fourth-order valence-electron chi connectivity index (χ4n) is 1.31. The van der Waals surface area contributed by atoms with E-state index in [0.29, 0.717) is 10.7 Å². The van der Waals surface area contributed by atoms with Crippen LogP contribution in [0.4, 0.5) is 4.79 Å². The van der Waals surface area contributed by atoms with Crippen molar-refractivity contribution in [1.82, 2.24) is 15.2 Å². The van der Waals surface area contributed by atoms with E-state index in [2.05, 4.69) is 10.3 Å². The second-order valence-electron chi connectivity index (χ2n) is 3.10. The molecule has 1 fully saturated rings. The Morgan fingerprint density at radius 2 is 2.33 bits per heavy atom. The molecular formula is C9H8ClN3O2. The van der Waals surface area contributed by atoms with Gasteiger partial charge in [0.05, 0.1) is 18.8 Å². The average molecular weight is 226 g/mol. The molecule has 1 aliphatic heterocycles. The van der Waals surface area contributed by atoms with Gasteiger partial charge in [-0.15, -0.1) is 0 Å². The molecule has 1 aromatic rings. The number of amides is 3. The number of urea groups is 1. The van der Waals surface area contributed by atoms with Crippen LogP contribution in [0.15, 0.2) is 18.3 Å². The predicted molar refractivity (Wildman–Crippen MR) is 53.2 cm³/mol. The standard InChI is InChI=1S/C9H8ClN3O2/c10-6-1-2-11-7(3-6)5-13-8(14)4-12-9(13)15/h1-3H,4-5H2,(H,12,15). The summed E-state index contributed by atoms with van der Waals surface area (Å²) in [6, 6.07) is 2.87. The number of rotatable bonds is 2. The number of pyridine rings is 1. The van der Waals surface area contributed by atoms with Crippen molar-refractivity contribution < 1.29 is 9.59 Å². The van der Waals surface area contributed by atoms with Crippen molar-refractivity contribution in [1.29, 1.82) is 0 Å². The number of nitrogens with one attached hydrogen (secondary N) is 1. The largest absolute Gasteiger partial charge is 0.329 e. The SMILES string of the molecule is O=C1CNC(=O)N1Cc1cc(Cl)ccn1. The molecule has 1 saturated heterocycles. The van der Waals surface area contributed by atoms with Crippen LogP contribution in [0.3, 0.4) is 0 Å². The Labute approximate surface area is 91.0 Å². The number of hydrogen-bond donors (Lipinski definition) is 1. The number of carbonyl (C=O) groups is 2. The Balaban J connectivity index is 2.15. The summed E-state index contributed by atoms with van der Waals surface area (Å²) in [7, 11) is 0. The average Bonchev–Trinajstić information content (AvgIpc) is 2.50. The topological polar surface area (TPSA) is 62.3 Å². The maximum atomic E-state index is 11.3. The molecular weight excluding hydrogens is 218 g/mol. The van der Waals surface area contributed by atoms with Crippen molar-refractivity contribution in [3.63, 3.8) is 0 Å². The molecule has 78 valence electrons. The number of imide groups is 1. The molecule has 0 atom stereocenters. The van der Waals surface area contributed by atoms with Crippen LogP contribution in [0.25, 0.3) is 0 Å². The van der Waals surface area contributed by atoms with Gasteiger partial charge in [0, 0.05) is 11.2 Å². The number of hydrogen-bond acceptors (Lipinski definition) is 3. The first-order valence-electron chi connectivity index (χ1n) is 4.35. The smallest absolute Gasteiger partial charge is 0.324 e. The van der Waals surface area contributed by atoms with Gasteiger partial charge >= 0.3 is 6.03 Å².